The summed E-state index contributed by atoms with van der Waals surface area (Å²) in [6.45, 7) is 2.07. The van der Waals surface area contributed by atoms with E-state index >= 15 is 0 Å². The van der Waals surface area contributed by atoms with E-state index in [4.69, 9.17) is 11.6 Å². The van der Waals surface area contributed by atoms with Crippen LogP contribution in [0, 0.1) is 0 Å². The van der Waals surface area contributed by atoms with Gasteiger partial charge in [0.15, 0.2) is 0 Å². The van der Waals surface area contributed by atoms with Gasteiger partial charge >= 0.3 is 0 Å². The lowest BCUT2D eigenvalue weighted by molar-refractivity contribution is -0.128. The molecule has 0 unspecified atom stereocenters. The Kier molecular flexibility index (Phi) is 5.60. The SMILES string of the molecule is CCN(C)C(=O)CNS(=O)(=O)c1cc(Cl)c(Br)s1. The summed E-state index contributed by atoms with van der Waals surface area (Å²) >= 11 is 9.91. The van der Waals surface area contributed by atoms with Gasteiger partial charge < -0.3 is 4.90 Å². The molecule has 0 aliphatic heterocycles. The maximum absolute atomic E-state index is 11.9. The lowest BCUT2D eigenvalue weighted by Crippen LogP contribution is -2.37. The van der Waals surface area contributed by atoms with Crippen LogP contribution in [0.2, 0.25) is 5.02 Å². The van der Waals surface area contributed by atoms with Gasteiger partial charge in [-0.05, 0) is 28.9 Å². The van der Waals surface area contributed by atoms with Gasteiger partial charge in [-0.15, -0.1) is 11.3 Å². The van der Waals surface area contributed by atoms with E-state index in [0.29, 0.717) is 15.4 Å². The minimum atomic E-state index is -3.69. The number of nitrogens with one attached hydrogen (secondary N) is 1. The Morgan fingerprint density at radius 1 is 1.61 bits per heavy atom. The van der Waals surface area contributed by atoms with E-state index in [1.165, 1.54) is 11.0 Å². The number of halogens is 2. The third kappa shape index (κ3) is 3.92. The Morgan fingerprint density at radius 3 is 2.67 bits per heavy atom. The van der Waals surface area contributed by atoms with Crippen molar-refractivity contribution < 1.29 is 13.2 Å². The van der Waals surface area contributed by atoms with Crippen LogP contribution in [0.4, 0.5) is 0 Å². The van der Waals surface area contributed by atoms with Gasteiger partial charge in [-0.2, -0.15) is 0 Å². The first-order valence-electron chi connectivity index (χ1n) is 4.96. The van der Waals surface area contributed by atoms with Crippen LogP contribution >= 0.6 is 38.9 Å². The lowest BCUT2D eigenvalue weighted by Gasteiger charge is -2.14. The van der Waals surface area contributed by atoms with Crippen molar-refractivity contribution in [3.8, 4) is 0 Å². The second kappa shape index (κ2) is 6.33. The number of thiophene rings is 1. The van der Waals surface area contributed by atoms with Gasteiger partial charge in [0, 0.05) is 13.6 Å². The molecule has 0 fully saturated rings. The van der Waals surface area contributed by atoms with Crippen molar-refractivity contribution in [2.24, 2.45) is 0 Å². The summed E-state index contributed by atoms with van der Waals surface area (Å²) in [4.78, 5) is 12.9. The van der Waals surface area contributed by atoms with Gasteiger partial charge in [0.1, 0.15) is 4.21 Å². The Morgan fingerprint density at radius 2 is 2.22 bits per heavy atom. The van der Waals surface area contributed by atoms with Crippen molar-refractivity contribution in [2.45, 2.75) is 11.1 Å². The molecule has 0 saturated carbocycles. The number of sulfonamides is 1. The minimum absolute atomic E-state index is 0.0753. The molecule has 1 aromatic rings. The quantitative estimate of drug-likeness (QED) is 0.855. The predicted octanol–water partition coefficient (Wildman–Crippen LogP) is 1.92. The van der Waals surface area contributed by atoms with E-state index < -0.39 is 10.0 Å². The van der Waals surface area contributed by atoms with E-state index in [1.54, 1.807) is 7.05 Å². The van der Waals surface area contributed by atoms with Crippen LogP contribution in [0.15, 0.2) is 14.1 Å². The molecule has 0 spiro atoms. The van der Waals surface area contributed by atoms with Crippen molar-refractivity contribution in [2.75, 3.05) is 20.1 Å². The first-order valence-corrected chi connectivity index (χ1v) is 8.43. The maximum atomic E-state index is 11.9. The molecule has 0 aliphatic carbocycles. The Bertz CT molecular complexity index is 525. The van der Waals surface area contributed by atoms with Crippen LogP contribution in [0.3, 0.4) is 0 Å². The number of carbonyl (C=O) groups is 1. The summed E-state index contributed by atoms with van der Waals surface area (Å²) in [6.07, 6.45) is 0. The molecule has 18 heavy (non-hydrogen) atoms. The first kappa shape index (κ1) is 15.9. The molecule has 1 heterocycles. The molecule has 102 valence electrons. The van der Waals surface area contributed by atoms with Gasteiger partial charge in [-0.25, -0.2) is 13.1 Å². The van der Waals surface area contributed by atoms with Crippen LogP contribution < -0.4 is 4.72 Å². The summed E-state index contributed by atoms with van der Waals surface area (Å²) < 4.78 is 26.6. The van der Waals surface area contributed by atoms with Gasteiger partial charge in [0.25, 0.3) is 10.0 Å². The molecular weight excluding hydrogens is 364 g/mol. The smallest absolute Gasteiger partial charge is 0.250 e. The number of rotatable bonds is 5. The van der Waals surface area contributed by atoms with Crippen molar-refractivity contribution in [3.05, 3.63) is 14.9 Å². The van der Waals surface area contributed by atoms with Crippen LogP contribution in [0.1, 0.15) is 6.92 Å². The monoisotopic (exact) mass is 374 g/mol. The van der Waals surface area contributed by atoms with Gasteiger partial charge in [0.2, 0.25) is 5.91 Å². The second-order valence-electron chi connectivity index (χ2n) is 3.42. The molecule has 0 saturated heterocycles. The zero-order chi connectivity index (χ0) is 13.9. The molecule has 9 heteroatoms. The highest BCUT2D eigenvalue weighted by Crippen LogP contribution is 2.34. The highest BCUT2D eigenvalue weighted by Gasteiger charge is 2.20. The average molecular weight is 376 g/mol. The van der Waals surface area contributed by atoms with E-state index in [1.807, 2.05) is 6.92 Å². The maximum Gasteiger partial charge on any atom is 0.250 e. The Hall–Kier alpha value is -0.150. The minimum Gasteiger partial charge on any atom is -0.345 e. The fourth-order valence-corrected chi connectivity index (χ4v) is 4.42. The van der Waals surface area contributed by atoms with E-state index in [2.05, 4.69) is 20.7 Å². The van der Waals surface area contributed by atoms with Crippen LogP contribution in [0.25, 0.3) is 0 Å². The number of nitrogens with zero attached hydrogens (tertiary/aromatic N) is 1. The topological polar surface area (TPSA) is 66.5 Å². The third-order valence-corrected chi connectivity index (χ3v) is 6.55. The third-order valence-electron chi connectivity index (χ3n) is 2.20. The summed E-state index contributed by atoms with van der Waals surface area (Å²) in [7, 11) is -2.09. The van der Waals surface area contributed by atoms with Gasteiger partial charge in [-0.1, -0.05) is 11.6 Å². The molecule has 0 aliphatic rings. The van der Waals surface area contributed by atoms with Crippen LogP contribution in [-0.4, -0.2) is 39.4 Å². The van der Waals surface area contributed by atoms with E-state index in [-0.39, 0.29) is 16.7 Å². The van der Waals surface area contributed by atoms with Crippen molar-refractivity contribution in [3.63, 3.8) is 0 Å². The predicted molar refractivity (Wildman–Crippen MR) is 75.5 cm³/mol. The average Bonchev–Trinajstić information content (AvgIpc) is 2.66. The normalized spacial score (nSPS) is 11.6. The van der Waals surface area contributed by atoms with Crippen LogP contribution in [0.5, 0.6) is 0 Å². The number of hydrogen-bond acceptors (Lipinski definition) is 4. The van der Waals surface area contributed by atoms with E-state index in [0.717, 1.165) is 11.3 Å². The molecule has 0 atom stereocenters. The number of carbonyl (C=O) groups excluding carboxylic acids is 1. The highest BCUT2D eigenvalue weighted by atomic mass is 79.9. The standard InChI is InChI=1S/C9H12BrClN2O3S2/c1-3-13(2)7(14)5-12-18(15,16)8-4-6(11)9(10)17-8/h4,12H,3,5H2,1-2H3. The highest BCUT2D eigenvalue weighted by molar-refractivity contribution is 9.11. The number of hydrogen-bond donors (Lipinski definition) is 1. The molecule has 1 amide bonds. The largest absolute Gasteiger partial charge is 0.345 e. The number of likely N-dealkylation sites (N-methyl/N-ethyl adjacent to an activating group) is 1. The molecule has 0 bridgehead atoms. The molecule has 1 aromatic heterocycles. The fourth-order valence-electron chi connectivity index (χ4n) is 0.998. The molecule has 0 radical (unpaired) electrons. The van der Waals surface area contributed by atoms with E-state index in [9.17, 15) is 13.2 Å². The van der Waals surface area contributed by atoms with Gasteiger partial charge in [0.05, 0.1) is 15.4 Å². The van der Waals surface area contributed by atoms with Crippen molar-refractivity contribution >= 4 is 54.8 Å². The van der Waals surface area contributed by atoms with Crippen molar-refractivity contribution in [1.82, 2.24) is 9.62 Å². The van der Waals surface area contributed by atoms with Gasteiger partial charge in [-0.3, -0.25) is 4.79 Å². The number of amides is 1. The zero-order valence-corrected chi connectivity index (χ0v) is 13.7. The lowest BCUT2D eigenvalue weighted by atomic mass is 10.5. The van der Waals surface area contributed by atoms with Crippen LogP contribution in [-0.2, 0) is 14.8 Å². The summed E-state index contributed by atoms with van der Waals surface area (Å²) in [5.74, 6) is -0.289. The zero-order valence-electron chi connectivity index (χ0n) is 9.74. The van der Waals surface area contributed by atoms with Crippen molar-refractivity contribution in [1.29, 1.82) is 0 Å². The molecule has 1 N–H and O–H groups in total. The summed E-state index contributed by atoms with van der Waals surface area (Å²) in [6, 6.07) is 1.34. The molecule has 5 nitrogen and oxygen atoms in total. The Balaban J connectivity index is 2.75. The second-order valence-corrected chi connectivity index (χ2v) is 8.19. The molecule has 0 aromatic carbocycles. The molecular formula is C9H12BrClN2O3S2. The summed E-state index contributed by atoms with van der Waals surface area (Å²) in [5, 5.41) is 0.331. The summed E-state index contributed by atoms with van der Waals surface area (Å²) in [5.41, 5.74) is 0. The Labute approximate surface area is 123 Å². The first-order chi connectivity index (χ1) is 8.27. The fraction of sp³-hybridized carbons (Fsp3) is 0.444. The molecule has 1 rings (SSSR count).